The van der Waals surface area contributed by atoms with Gasteiger partial charge in [-0.15, -0.1) is 0 Å². The summed E-state index contributed by atoms with van der Waals surface area (Å²) in [6, 6.07) is -0.352. The van der Waals surface area contributed by atoms with Gasteiger partial charge in [-0.2, -0.15) is 5.10 Å². The summed E-state index contributed by atoms with van der Waals surface area (Å²) < 4.78 is 1.59. The zero-order chi connectivity index (χ0) is 12.5. The second-order valence-electron chi connectivity index (χ2n) is 5.09. The third-order valence-electron chi connectivity index (χ3n) is 2.23. The smallest absolute Gasteiger partial charge is 0.244 e. The molecule has 90 valence electrons. The summed E-state index contributed by atoms with van der Waals surface area (Å²) in [7, 11) is 0. The van der Waals surface area contributed by atoms with Gasteiger partial charge >= 0.3 is 0 Å². The van der Waals surface area contributed by atoms with E-state index in [1.165, 1.54) is 0 Å². The third-order valence-corrected chi connectivity index (χ3v) is 2.23. The topological polar surface area (TPSA) is 72.9 Å². The van der Waals surface area contributed by atoms with Gasteiger partial charge in [0.15, 0.2) is 0 Å². The Bertz CT molecular complexity index is 370. The minimum Gasteiger partial charge on any atom is -0.382 e. The fraction of sp³-hybridized carbons (Fsp3) is 0.636. The van der Waals surface area contributed by atoms with Crippen LogP contribution < -0.4 is 11.1 Å². The highest BCUT2D eigenvalue weighted by atomic mass is 16.2. The van der Waals surface area contributed by atoms with Crippen molar-refractivity contribution in [3.8, 4) is 0 Å². The highest BCUT2D eigenvalue weighted by Gasteiger charge is 2.21. The number of anilines is 1. The molecule has 5 heteroatoms. The lowest BCUT2D eigenvalue weighted by molar-refractivity contribution is -0.125. The highest BCUT2D eigenvalue weighted by molar-refractivity contribution is 5.80. The second kappa shape index (κ2) is 4.15. The van der Waals surface area contributed by atoms with Crippen LogP contribution in [0, 0.1) is 6.92 Å². The monoisotopic (exact) mass is 224 g/mol. The molecular weight excluding hydrogens is 204 g/mol. The Hall–Kier alpha value is -1.52. The molecule has 1 amide bonds. The number of aryl methyl sites for hydroxylation is 1. The number of carbonyl (C=O) groups excluding carboxylic acids is 1. The predicted molar refractivity (Wildman–Crippen MR) is 64.0 cm³/mol. The first-order valence-electron chi connectivity index (χ1n) is 5.34. The normalized spacial score (nSPS) is 13.6. The molecule has 1 rings (SSSR count). The van der Waals surface area contributed by atoms with Gasteiger partial charge in [-0.05, 0) is 34.6 Å². The quantitative estimate of drug-likeness (QED) is 0.794. The molecule has 0 radical (unpaired) electrons. The molecule has 0 saturated heterocycles. The van der Waals surface area contributed by atoms with Gasteiger partial charge in [0.05, 0.1) is 0 Å². The lowest BCUT2D eigenvalue weighted by Gasteiger charge is -2.23. The maximum atomic E-state index is 11.9. The van der Waals surface area contributed by atoms with Gasteiger partial charge in [-0.25, -0.2) is 0 Å². The molecule has 1 aromatic rings. The number of aromatic nitrogens is 2. The van der Waals surface area contributed by atoms with E-state index in [2.05, 4.69) is 10.4 Å². The zero-order valence-electron chi connectivity index (χ0n) is 10.5. The van der Waals surface area contributed by atoms with Crippen molar-refractivity contribution in [3.05, 3.63) is 11.8 Å². The first-order chi connectivity index (χ1) is 7.20. The van der Waals surface area contributed by atoms with Gasteiger partial charge in [-0.3, -0.25) is 9.48 Å². The molecule has 1 aromatic heterocycles. The van der Waals surface area contributed by atoms with Crippen LogP contribution in [0.5, 0.6) is 0 Å². The van der Waals surface area contributed by atoms with Crippen molar-refractivity contribution in [3.63, 3.8) is 0 Å². The molecule has 0 fully saturated rings. The van der Waals surface area contributed by atoms with E-state index in [1.807, 2.05) is 27.7 Å². The summed E-state index contributed by atoms with van der Waals surface area (Å²) in [5.74, 6) is 0.408. The number of nitrogens with one attached hydrogen (secondary N) is 1. The summed E-state index contributed by atoms with van der Waals surface area (Å²) in [5, 5.41) is 7.00. The van der Waals surface area contributed by atoms with Crippen LogP contribution in [0.4, 0.5) is 5.82 Å². The standard InChI is InChI=1S/C11H20N4O/c1-7-6-15(14-9(7)12)8(2)10(16)13-11(3,4)5/h6,8H,1-5H3,(H2,12,14)(H,13,16). The van der Waals surface area contributed by atoms with Crippen LogP contribution in [-0.2, 0) is 4.79 Å². The van der Waals surface area contributed by atoms with Crippen LogP contribution in [0.25, 0.3) is 0 Å². The lowest BCUT2D eigenvalue weighted by atomic mass is 10.1. The van der Waals surface area contributed by atoms with Gasteiger partial charge in [0.1, 0.15) is 11.9 Å². The molecule has 16 heavy (non-hydrogen) atoms. The predicted octanol–water partition coefficient (Wildman–Crippen LogP) is 1.25. The first kappa shape index (κ1) is 12.5. The van der Waals surface area contributed by atoms with Gasteiger partial charge in [0.25, 0.3) is 0 Å². The summed E-state index contributed by atoms with van der Waals surface area (Å²) in [5.41, 5.74) is 6.29. The summed E-state index contributed by atoms with van der Waals surface area (Å²) in [6.07, 6.45) is 1.78. The highest BCUT2D eigenvalue weighted by Crippen LogP contribution is 2.13. The van der Waals surface area contributed by atoms with Crippen molar-refractivity contribution in [2.24, 2.45) is 0 Å². The van der Waals surface area contributed by atoms with E-state index in [9.17, 15) is 4.79 Å². The average molecular weight is 224 g/mol. The SMILES string of the molecule is Cc1cn(C(C)C(=O)NC(C)(C)C)nc1N. The fourth-order valence-electron chi connectivity index (χ4n) is 1.29. The summed E-state index contributed by atoms with van der Waals surface area (Å²) in [4.78, 5) is 11.9. The molecular formula is C11H20N4O. The Kier molecular flexibility index (Phi) is 3.26. The van der Waals surface area contributed by atoms with E-state index in [1.54, 1.807) is 17.8 Å². The number of amides is 1. The van der Waals surface area contributed by atoms with Crippen molar-refractivity contribution in [1.29, 1.82) is 0 Å². The van der Waals surface area contributed by atoms with Crippen molar-refractivity contribution in [2.45, 2.75) is 46.2 Å². The molecule has 1 atom stereocenters. The van der Waals surface area contributed by atoms with Crippen molar-refractivity contribution >= 4 is 11.7 Å². The van der Waals surface area contributed by atoms with Crippen LogP contribution >= 0.6 is 0 Å². The van der Waals surface area contributed by atoms with Crippen LogP contribution in [-0.4, -0.2) is 21.2 Å². The fourth-order valence-corrected chi connectivity index (χ4v) is 1.29. The number of nitrogen functional groups attached to an aromatic ring is 1. The maximum Gasteiger partial charge on any atom is 0.244 e. The number of nitrogens with zero attached hydrogens (tertiary/aromatic N) is 2. The molecule has 0 aliphatic rings. The molecule has 5 nitrogen and oxygen atoms in total. The van der Waals surface area contributed by atoms with Gasteiger partial charge in [-0.1, -0.05) is 0 Å². The Labute approximate surface area is 96.0 Å². The lowest BCUT2D eigenvalue weighted by Crippen LogP contribution is -2.43. The maximum absolute atomic E-state index is 11.9. The number of rotatable bonds is 2. The van der Waals surface area contributed by atoms with Crippen molar-refractivity contribution in [2.75, 3.05) is 5.73 Å². The minimum atomic E-state index is -0.352. The first-order valence-corrected chi connectivity index (χ1v) is 5.34. The second-order valence-corrected chi connectivity index (χ2v) is 5.09. The largest absolute Gasteiger partial charge is 0.382 e. The van der Waals surface area contributed by atoms with Crippen LogP contribution in [0.3, 0.4) is 0 Å². The summed E-state index contributed by atoms with van der Waals surface area (Å²) >= 11 is 0. The van der Waals surface area contributed by atoms with E-state index < -0.39 is 0 Å². The number of carbonyl (C=O) groups is 1. The van der Waals surface area contributed by atoms with Gasteiger partial charge < -0.3 is 11.1 Å². The molecule has 0 aromatic carbocycles. The molecule has 0 aliphatic heterocycles. The molecule has 1 heterocycles. The number of hydrogen-bond donors (Lipinski definition) is 2. The molecule has 0 bridgehead atoms. The average Bonchev–Trinajstić information content (AvgIpc) is 2.43. The van der Waals surface area contributed by atoms with Gasteiger partial charge in [0, 0.05) is 17.3 Å². The Morgan fingerprint density at radius 1 is 1.56 bits per heavy atom. The van der Waals surface area contributed by atoms with Crippen LogP contribution in [0.15, 0.2) is 6.20 Å². The van der Waals surface area contributed by atoms with E-state index in [4.69, 9.17) is 5.73 Å². The number of hydrogen-bond acceptors (Lipinski definition) is 3. The molecule has 1 unspecified atom stereocenters. The Balaban J connectivity index is 2.78. The van der Waals surface area contributed by atoms with Gasteiger partial charge in [0.2, 0.25) is 5.91 Å². The molecule has 3 N–H and O–H groups in total. The Morgan fingerprint density at radius 2 is 2.12 bits per heavy atom. The van der Waals surface area contributed by atoms with E-state index in [0.29, 0.717) is 5.82 Å². The van der Waals surface area contributed by atoms with Crippen molar-refractivity contribution in [1.82, 2.24) is 15.1 Å². The van der Waals surface area contributed by atoms with Crippen LogP contribution in [0.2, 0.25) is 0 Å². The molecule has 0 aliphatic carbocycles. The molecule has 0 saturated carbocycles. The summed E-state index contributed by atoms with van der Waals surface area (Å²) in [6.45, 7) is 9.50. The zero-order valence-corrected chi connectivity index (χ0v) is 10.5. The van der Waals surface area contributed by atoms with Crippen LogP contribution in [0.1, 0.15) is 39.3 Å². The van der Waals surface area contributed by atoms with E-state index in [-0.39, 0.29) is 17.5 Å². The van der Waals surface area contributed by atoms with Crippen molar-refractivity contribution < 1.29 is 4.79 Å². The third kappa shape index (κ3) is 2.98. The van der Waals surface area contributed by atoms with E-state index in [0.717, 1.165) is 5.56 Å². The Morgan fingerprint density at radius 3 is 2.50 bits per heavy atom. The van der Waals surface area contributed by atoms with E-state index >= 15 is 0 Å². The minimum absolute atomic E-state index is 0.0602. The molecule has 0 spiro atoms. The number of nitrogens with two attached hydrogens (primary N) is 1.